The molecule has 2 rings (SSSR count). The van der Waals surface area contributed by atoms with E-state index in [1.807, 2.05) is 6.92 Å². The molecule has 0 aliphatic carbocycles. The SMILES string of the molecule is CC(=O)O[C@H](C)CCCCn1c(=O)c2[nH]cnc2n(C)c1=O. The Morgan fingerprint density at radius 3 is 2.82 bits per heavy atom. The van der Waals surface area contributed by atoms with E-state index in [4.69, 9.17) is 4.74 Å². The molecule has 0 saturated carbocycles. The largest absolute Gasteiger partial charge is 0.463 e. The molecule has 0 fully saturated rings. The molecular weight excluding hydrogens is 288 g/mol. The summed E-state index contributed by atoms with van der Waals surface area (Å²) in [5.41, 5.74) is -0.0496. The number of unbranched alkanes of at least 4 members (excludes halogenated alkanes) is 1. The van der Waals surface area contributed by atoms with Crippen LogP contribution in [0.1, 0.15) is 33.1 Å². The number of carbonyl (C=O) groups is 1. The van der Waals surface area contributed by atoms with Crippen LogP contribution in [0.2, 0.25) is 0 Å². The average molecular weight is 308 g/mol. The number of hydrogen-bond acceptors (Lipinski definition) is 5. The predicted octanol–water partition coefficient (Wildman–Crippen LogP) is 0.545. The summed E-state index contributed by atoms with van der Waals surface area (Å²) in [4.78, 5) is 42.0. The number of aromatic amines is 1. The lowest BCUT2D eigenvalue weighted by atomic mass is 10.2. The van der Waals surface area contributed by atoms with Gasteiger partial charge in [0.15, 0.2) is 5.65 Å². The molecule has 1 N–H and O–H groups in total. The van der Waals surface area contributed by atoms with E-state index in [-0.39, 0.29) is 23.3 Å². The van der Waals surface area contributed by atoms with Crippen molar-refractivity contribution in [3.63, 3.8) is 0 Å². The summed E-state index contributed by atoms with van der Waals surface area (Å²) in [6.07, 6.45) is 3.34. The summed E-state index contributed by atoms with van der Waals surface area (Å²) in [5, 5.41) is 0. The Kier molecular flexibility index (Phi) is 4.79. The van der Waals surface area contributed by atoms with E-state index in [0.29, 0.717) is 30.6 Å². The van der Waals surface area contributed by atoms with Crippen LogP contribution in [-0.4, -0.2) is 31.2 Å². The maximum absolute atomic E-state index is 12.2. The molecule has 8 heteroatoms. The molecule has 0 saturated heterocycles. The van der Waals surface area contributed by atoms with Gasteiger partial charge in [0.25, 0.3) is 5.56 Å². The third-order valence-electron chi connectivity index (χ3n) is 3.52. The second kappa shape index (κ2) is 6.59. The Labute approximate surface area is 126 Å². The Bertz CT molecular complexity index is 786. The molecule has 0 radical (unpaired) electrons. The van der Waals surface area contributed by atoms with Gasteiger partial charge in [0.05, 0.1) is 12.4 Å². The minimum Gasteiger partial charge on any atom is -0.463 e. The normalized spacial score (nSPS) is 12.5. The van der Waals surface area contributed by atoms with E-state index in [1.54, 1.807) is 7.05 Å². The van der Waals surface area contributed by atoms with Gasteiger partial charge in [0.1, 0.15) is 5.52 Å². The van der Waals surface area contributed by atoms with Gasteiger partial charge in [-0.3, -0.25) is 18.7 Å². The summed E-state index contributed by atoms with van der Waals surface area (Å²) in [6.45, 7) is 3.52. The number of fused-ring (bicyclic) bond motifs is 1. The molecule has 2 aromatic rings. The van der Waals surface area contributed by atoms with Crippen LogP contribution in [0, 0.1) is 0 Å². The Hall–Kier alpha value is -2.38. The van der Waals surface area contributed by atoms with Crippen molar-refractivity contribution < 1.29 is 9.53 Å². The third kappa shape index (κ3) is 3.26. The van der Waals surface area contributed by atoms with Gasteiger partial charge in [-0.15, -0.1) is 0 Å². The molecule has 1 atom stereocenters. The highest BCUT2D eigenvalue weighted by Gasteiger charge is 2.12. The second-order valence-corrected chi connectivity index (χ2v) is 5.32. The number of aryl methyl sites for hydroxylation is 1. The van der Waals surface area contributed by atoms with Crippen molar-refractivity contribution in [3.8, 4) is 0 Å². The average Bonchev–Trinajstić information content (AvgIpc) is 2.93. The lowest BCUT2D eigenvalue weighted by molar-refractivity contribution is -0.145. The molecule has 0 spiro atoms. The molecule has 0 aliphatic rings. The van der Waals surface area contributed by atoms with Crippen molar-refractivity contribution in [2.24, 2.45) is 7.05 Å². The van der Waals surface area contributed by atoms with E-state index in [0.717, 1.165) is 6.42 Å². The number of nitrogens with zero attached hydrogens (tertiary/aromatic N) is 3. The van der Waals surface area contributed by atoms with Gasteiger partial charge in [-0.2, -0.15) is 0 Å². The van der Waals surface area contributed by atoms with Crippen LogP contribution in [-0.2, 0) is 23.1 Å². The first-order valence-electron chi connectivity index (χ1n) is 7.22. The molecule has 0 amide bonds. The van der Waals surface area contributed by atoms with E-state index in [1.165, 1.54) is 22.4 Å². The standard InChI is InChI=1S/C14H20N4O4/c1-9(22-10(2)19)6-4-5-7-18-13(20)11-12(16-8-15-11)17(3)14(18)21/h8-9H,4-7H2,1-3H3,(H,15,16)/t9-/m1/s1. The lowest BCUT2D eigenvalue weighted by Crippen LogP contribution is -2.39. The number of nitrogens with one attached hydrogen (secondary N) is 1. The fourth-order valence-corrected chi connectivity index (χ4v) is 2.43. The number of aromatic nitrogens is 4. The molecule has 0 aromatic carbocycles. The summed E-state index contributed by atoms with van der Waals surface area (Å²) in [6, 6.07) is 0. The van der Waals surface area contributed by atoms with Gasteiger partial charge in [0, 0.05) is 20.5 Å². The smallest absolute Gasteiger partial charge is 0.332 e. The monoisotopic (exact) mass is 308 g/mol. The van der Waals surface area contributed by atoms with Crippen LogP contribution in [0.4, 0.5) is 0 Å². The van der Waals surface area contributed by atoms with Crippen LogP contribution >= 0.6 is 0 Å². The Morgan fingerprint density at radius 1 is 1.41 bits per heavy atom. The van der Waals surface area contributed by atoms with Gasteiger partial charge < -0.3 is 9.72 Å². The highest BCUT2D eigenvalue weighted by molar-refractivity contribution is 5.68. The molecule has 0 unspecified atom stereocenters. The summed E-state index contributed by atoms with van der Waals surface area (Å²) in [7, 11) is 1.59. The highest BCUT2D eigenvalue weighted by Crippen LogP contribution is 2.06. The fraction of sp³-hybridized carbons (Fsp3) is 0.571. The molecule has 0 aliphatic heterocycles. The zero-order valence-corrected chi connectivity index (χ0v) is 13.0. The topological polar surface area (TPSA) is 99.0 Å². The Morgan fingerprint density at radius 2 is 2.14 bits per heavy atom. The number of hydrogen-bond donors (Lipinski definition) is 1. The molecule has 2 aromatic heterocycles. The van der Waals surface area contributed by atoms with Crippen molar-refractivity contribution >= 4 is 17.1 Å². The number of H-pyrrole nitrogens is 1. The van der Waals surface area contributed by atoms with Crippen LogP contribution in [0.15, 0.2) is 15.9 Å². The molecule has 0 bridgehead atoms. The van der Waals surface area contributed by atoms with Gasteiger partial charge in [-0.1, -0.05) is 0 Å². The van der Waals surface area contributed by atoms with Gasteiger partial charge >= 0.3 is 11.7 Å². The lowest BCUT2D eigenvalue weighted by Gasteiger charge is -2.12. The van der Waals surface area contributed by atoms with Crippen molar-refractivity contribution in [1.29, 1.82) is 0 Å². The van der Waals surface area contributed by atoms with E-state index < -0.39 is 0 Å². The first-order chi connectivity index (χ1) is 10.4. The molecule has 8 nitrogen and oxygen atoms in total. The van der Waals surface area contributed by atoms with E-state index in [2.05, 4.69) is 9.97 Å². The number of carbonyl (C=O) groups excluding carboxylic acids is 1. The predicted molar refractivity (Wildman–Crippen MR) is 80.7 cm³/mol. The van der Waals surface area contributed by atoms with E-state index in [9.17, 15) is 14.4 Å². The quantitative estimate of drug-likeness (QED) is 0.620. The number of rotatable bonds is 6. The minimum absolute atomic E-state index is 0.160. The highest BCUT2D eigenvalue weighted by atomic mass is 16.5. The zero-order chi connectivity index (χ0) is 16.3. The summed E-state index contributed by atoms with van der Waals surface area (Å²) < 4.78 is 7.59. The van der Waals surface area contributed by atoms with Crippen molar-refractivity contribution in [3.05, 3.63) is 27.2 Å². The number of esters is 1. The second-order valence-electron chi connectivity index (χ2n) is 5.32. The zero-order valence-electron chi connectivity index (χ0n) is 13.0. The van der Waals surface area contributed by atoms with Crippen molar-refractivity contribution in [2.75, 3.05) is 0 Å². The van der Waals surface area contributed by atoms with Crippen LogP contribution < -0.4 is 11.2 Å². The van der Waals surface area contributed by atoms with Gasteiger partial charge in [0.2, 0.25) is 0 Å². The van der Waals surface area contributed by atoms with Crippen LogP contribution in [0.5, 0.6) is 0 Å². The minimum atomic E-state index is -0.377. The number of ether oxygens (including phenoxy) is 1. The van der Waals surface area contributed by atoms with Gasteiger partial charge in [-0.05, 0) is 26.2 Å². The first-order valence-corrected chi connectivity index (χ1v) is 7.22. The number of imidazole rings is 1. The Balaban J connectivity index is 2.05. The molecule has 120 valence electrons. The van der Waals surface area contributed by atoms with Gasteiger partial charge in [-0.25, -0.2) is 9.78 Å². The maximum atomic E-state index is 12.2. The van der Waals surface area contributed by atoms with Crippen molar-refractivity contribution in [2.45, 2.75) is 45.8 Å². The van der Waals surface area contributed by atoms with E-state index >= 15 is 0 Å². The molecule has 2 heterocycles. The molecular formula is C14H20N4O4. The fourth-order valence-electron chi connectivity index (χ4n) is 2.43. The van der Waals surface area contributed by atoms with Crippen LogP contribution in [0.3, 0.4) is 0 Å². The van der Waals surface area contributed by atoms with Crippen LogP contribution in [0.25, 0.3) is 11.2 Å². The third-order valence-corrected chi connectivity index (χ3v) is 3.52. The summed E-state index contributed by atoms with van der Waals surface area (Å²) >= 11 is 0. The first kappa shape index (κ1) is 16.0. The summed E-state index contributed by atoms with van der Waals surface area (Å²) in [5.74, 6) is -0.303. The maximum Gasteiger partial charge on any atom is 0.332 e. The van der Waals surface area contributed by atoms with Crippen molar-refractivity contribution in [1.82, 2.24) is 19.1 Å². The molecule has 22 heavy (non-hydrogen) atoms.